The zero-order valence-electron chi connectivity index (χ0n) is 26.4. The third kappa shape index (κ3) is 4.34. The fourth-order valence-corrected chi connectivity index (χ4v) is 7.15. The molecule has 7 nitrogen and oxygen atoms in total. The molecule has 230 valence electrons. The molecule has 0 N–H and O–H groups in total. The summed E-state index contributed by atoms with van der Waals surface area (Å²) in [5.41, 5.74) is 8.90. The molecule has 5 aromatic carbocycles. The highest BCUT2D eigenvalue weighted by Gasteiger charge is 2.20. The molecule has 0 aliphatic rings. The van der Waals surface area contributed by atoms with E-state index in [9.17, 15) is 15.8 Å². The van der Waals surface area contributed by atoms with E-state index in [-0.39, 0.29) is 0 Å². The van der Waals surface area contributed by atoms with Crippen molar-refractivity contribution in [1.29, 1.82) is 15.8 Å². The molecule has 4 heterocycles. The Bertz CT molecular complexity index is 2850. The average molecular weight is 638 g/mol. The van der Waals surface area contributed by atoms with Crippen molar-refractivity contribution < 1.29 is 0 Å². The van der Waals surface area contributed by atoms with Gasteiger partial charge < -0.3 is 0 Å². The highest BCUT2D eigenvalue weighted by molar-refractivity contribution is 6.11. The number of benzene rings is 5. The highest BCUT2D eigenvalue weighted by atomic mass is 15.1. The van der Waals surface area contributed by atoms with Gasteiger partial charge in [0, 0.05) is 33.3 Å². The Balaban J connectivity index is 1.42. The lowest BCUT2D eigenvalue weighted by Gasteiger charge is -2.17. The van der Waals surface area contributed by atoms with E-state index >= 15 is 0 Å². The summed E-state index contributed by atoms with van der Waals surface area (Å²) in [4.78, 5) is 9.88. The van der Waals surface area contributed by atoms with Crippen LogP contribution >= 0.6 is 0 Å². The molecule has 9 rings (SSSR count). The lowest BCUT2D eigenvalue weighted by atomic mass is 9.92. The van der Waals surface area contributed by atoms with Crippen molar-refractivity contribution in [3.05, 3.63) is 156 Å². The summed E-state index contributed by atoms with van der Waals surface area (Å²) in [6.45, 7) is 0. The number of hydrogen-bond donors (Lipinski definition) is 0. The van der Waals surface area contributed by atoms with Gasteiger partial charge in [-0.05, 0) is 83.4 Å². The van der Waals surface area contributed by atoms with E-state index in [1.54, 1.807) is 18.3 Å². The van der Waals surface area contributed by atoms with Gasteiger partial charge in [0.05, 0.1) is 63.2 Å². The maximum Gasteiger partial charge on any atom is 0.140 e. The first-order chi connectivity index (χ1) is 24.7. The van der Waals surface area contributed by atoms with Gasteiger partial charge in [0.2, 0.25) is 0 Å². The zero-order valence-corrected chi connectivity index (χ0v) is 26.4. The summed E-state index contributed by atoms with van der Waals surface area (Å²) in [6.07, 6.45) is 3.67. The molecular weight excluding hydrogens is 615 g/mol. The first kappa shape index (κ1) is 28.7. The van der Waals surface area contributed by atoms with E-state index in [2.05, 4.69) is 62.7 Å². The quantitative estimate of drug-likeness (QED) is 0.191. The van der Waals surface area contributed by atoms with Crippen LogP contribution in [0.15, 0.2) is 140 Å². The van der Waals surface area contributed by atoms with Gasteiger partial charge in [-0.15, -0.1) is 0 Å². The van der Waals surface area contributed by atoms with E-state index in [0.29, 0.717) is 28.3 Å². The highest BCUT2D eigenvalue weighted by Crippen LogP contribution is 2.39. The van der Waals surface area contributed by atoms with Crippen LogP contribution in [0.2, 0.25) is 0 Å². The van der Waals surface area contributed by atoms with Crippen LogP contribution in [0.4, 0.5) is 0 Å². The topological polar surface area (TPSA) is 107 Å². The normalized spacial score (nSPS) is 11.1. The molecule has 0 fully saturated rings. The van der Waals surface area contributed by atoms with Crippen LogP contribution in [0.25, 0.3) is 77.5 Å². The van der Waals surface area contributed by atoms with Crippen molar-refractivity contribution in [2.24, 2.45) is 0 Å². The van der Waals surface area contributed by atoms with Gasteiger partial charge in [0.15, 0.2) is 0 Å². The molecule has 0 bridgehead atoms. The second-order valence-corrected chi connectivity index (χ2v) is 12.0. The minimum absolute atomic E-state index is 0.532. The fraction of sp³-hybridized carbons (Fsp3) is 0. The summed E-state index contributed by atoms with van der Waals surface area (Å²) >= 11 is 0. The second kappa shape index (κ2) is 11.3. The molecule has 0 spiro atoms. The SMILES string of the molecule is N#Cc1ccc2c(c1)c1cc(C#N)ccc1n2-c1cc(-c2ccccc2-c2ccccc2C#N)cc(-n2c3ccccc3c3ccncc32)n1. The van der Waals surface area contributed by atoms with E-state index in [0.717, 1.165) is 65.9 Å². The minimum Gasteiger partial charge on any atom is -0.294 e. The van der Waals surface area contributed by atoms with Crippen molar-refractivity contribution in [2.45, 2.75) is 0 Å². The molecule has 7 heteroatoms. The smallest absolute Gasteiger partial charge is 0.140 e. The van der Waals surface area contributed by atoms with Crippen molar-refractivity contribution in [2.75, 3.05) is 0 Å². The summed E-state index contributed by atoms with van der Waals surface area (Å²) in [6, 6.07) is 48.3. The van der Waals surface area contributed by atoms with E-state index < -0.39 is 0 Å². The maximum absolute atomic E-state index is 10.0. The van der Waals surface area contributed by atoms with Crippen molar-refractivity contribution in [1.82, 2.24) is 19.1 Å². The summed E-state index contributed by atoms with van der Waals surface area (Å²) in [5, 5.41) is 33.5. The standard InChI is InChI=1S/C43H23N7/c44-23-27-13-15-39-36(19-27)37-20-28(24-45)14-16-40(37)49(39)42-21-30(32-9-3-4-10-33(32)31-8-2-1-7-29(31)25-46)22-43(48-42)50-38-12-6-5-11-34(38)35-17-18-47-26-41(35)50/h1-22,26H. The van der Waals surface area contributed by atoms with Crippen LogP contribution in [-0.4, -0.2) is 19.1 Å². The summed E-state index contributed by atoms with van der Waals surface area (Å²) in [7, 11) is 0. The van der Waals surface area contributed by atoms with Crippen LogP contribution in [0.1, 0.15) is 16.7 Å². The van der Waals surface area contributed by atoms with E-state index in [4.69, 9.17) is 4.98 Å². The van der Waals surface area contributed by atoms with Gasteiger partial charge in [-0.1, -0.05) is 60.7 Å². The first-order valence-corrected chi connectivity index (χ1v) is 16.0. The molecule has 4 aromatic heterocycles. The average Bonchev–Trinajstić information content (AvgIpc) is 3.69. The Hall–Kier alpha value is -7.53. The predicted molar refractivity (Wildman–Crippen MR) is 196 cm³/mol. The summed E-state index contributed by atoms with van der Waals surface area (Å²) in [5.74, 6) is 1.35. The van der Waals surface area contributed by atoms with Crippen LogP contribution in [-0.2, 0) is 0 Å². The monoisotopic (exact) mass is 637 g/mol. The number of pyridine rings is 2. The van der Waals surface area contributed by atoms with Crippen LogP contribution in [0.5, 0.6) is 0 Å². The third-order valence-electron chi connectivity index (χ3n) is 9.33. The predicted octanol–water partition coefficient (Wildman–Crippen LogP) is 9.62. The van der Waals surface area contributed by atoms with Crippen molar-refractivity contribution in [3.63, 3.8) is 0 Å². The van der Waals surface area contributed by atoms with Gasteiger partial charge in [-0.25, -0.2) is 4.98 Å². The lowest BCUT2D eigenvalue weighted by Crippen LogP contribution is -2.05. The van der Waals surface area contributed by atoms with Crippen LogP contribution < -0.4 is 0 Å². The molecule has 50 heavy (non-hydrogen) atoms. The number of nitriles is 3. The third-order valence-corrected chi connectivity index (χ3v) is 9.33. The Morgan fingerprint density at radius 3 is 1.70 bits per heavy atom. The molecule has 9 aromatic rings. The van der Waals surface area contributed by atoms with Crippen molar-refractivity contribution >= 4 is 43.6 Å². The number of fused-ring (bicyclic) bond motifs is 6. The molecule has 0 amide bonds. The number of aromatic nitrogens is 4. The van der Waals surface area contributed by atoms with Gasteiger partial charge >= 0.3 is 0 Å². The van der Waals surface area contributed by atoms with Gasteiger partial charge in [-0.2, -0.15) is 15.8 Å². The largest absolute Gasteiger partial charge is 0.294 e. The molecule has 0 saturated carbocycles. The van der Waals surface area contributed by atoms with Gasteiger partial charge in [0.1, 0.15) is 11.6 Å². The first-order valence-electron chi connectivity index (χ1n) is 16.0. The number of para-hydroxylation sites is 1. The minimum atomic E-state index is 0.532. The van der Waals surface area contributed by atoms with Crippen LogP contribution in [0, 0.1) is 34.0 Å². The molecule has 0 aliphatic heterocycles. The van der Waals surface area contributed by atoms with E-state index in [1.165, 1.54) is 0 Å². The number of nitrogens with zero attached hydrogens (tertiary/aromatic N) is 7. The molecule has 0 aliphatic carbocycles. The molecule has 0 saturated heterocycles. The van der Waals surface area contributed by atoms with Gasteiger partial charge in [0.25, 0.3) is 0 Å². The summed E-state index contributed by atoms with van der Waals surface area (Å²) < 4.78 is 4.24. The maximum atomic E-state index is 10.0. The molecular formula is C43H23N7. The van der Waals surface area contributed by atoms with E-state index in [1.807, 2.05) is 91.1 Å². The van der Waals surface area contributed by atoms with Crippen molar-refractivity contribution in [3.8, 4) is 52.1 Å². The Labute approximate surface area is 286 Å². The van der Waals surface area contributed by atoms with Crippen LogP contribution in [0.3, 0.4) is 0 Å². The van der Waals surface area contributed by atoms with Gasteiger partial charge in [-0.3, -0.25) is 14.1 Å². The second-order valence-electron chi connectivity index (χ2n) is 12.0. The Kier molecular flexibility index (Phi) is 6.49. The zero-order chi connectivity index (χ0) is 33.8. The molecule has 0 atom stereocenters. The fourth-order valence-electron chi connectivity index (χ4n) is 7.15. The number of hydrogen-bond acceptors (Lipinski definition) is 5. The molecule has 0 radical (unpaired) electrons. The number of rotatable bonds is 4. The Morgan fingerprint density at radius 1 is 0.460 bits per heavy atom. The Morgan fingerprint density at radius 2 is 1.02 bits per heavy atom. The molecule has 0 unspecified atom stereocenters. The lowest BCUT2D eigenvalue weighted by molar-refractivity contribution is 1.01.